The highest BCUT2D eigenvalue weighted by atomic mass is 35.5. The SMILES string of the molecule is CCOC(=O)N1C[C@@H](C)N(c2nc3cc(-c4noc(=O)[nH]4)nc(-c4cncc(Cl)c4)c3n2C[C@H]2CC[C@H](C)CC2)[C@H](C)C1. The van der Waals surface area contributed by atoms with E-state index in [9.17, 15) is 9.59 Å². The van der Waals surface area contributed by atoms with Gasteiger partial charge in [0.2, 0.25) is 11.8 Å². The van der Waals surface area contributed by atoms with Crippen LogP contribution in [0.3, 0.4) is 0 Å². The van der Waals surface area contributed by atoms with Gasteiger partial charge < -0.3 is 19.1 Å². The average Bonchev–Trinajstić information content (AvgIpc) is 3.57. The Kier molecular flexibility index (Phi) is 8.13. The van der Waals surface area contributed by atoms with Gasteiger partial charge in [-0.3, -0.25) is 14.5 Å². The number of rotatable bonds is 6. The minimum atomic E-state index is -0.664. The number of halogens is 1. The van der Waals surface area contributed by atoms with Crippen LogP contribution < -0.4 is 10.7 Å². The molecule has 1 saturated heterocycles. The van der Waals surface area contributed by atoms with Gasteiger partial charge in [-0.1, -0.05) is 36.5 Å². The van der Waals surface area contributed by atoms with Crippen molar-refractivity contribution in [3.63, 3.8) is 0 Å². The Balaban J connectivity index is 1.53. The quantitative estimate of drug-likeness (QED) is 0.306. The summed E-state index contributed by atoms with van der Waals surface area (Å²) >= 11 is 6.40. The van der Waals surface area contributed by atoms with E-state index in [0.717, 1.165) is 42.3 Å². The third kappa shape index (κ3) is 5.84. The van der Waals surface area contributed by atoms with E-state index in [-0.39, 0.29) is 24.0 Å². The van der Waals surface area contributed by atoms with Gasteiger partial charge in [-0.05, 0) is 57.6 Å². The highest BCUT2D eigenvalue weighted by molar-refractivity contribution is 6.30. The van der Waals surface area contributed by atoms with Crippen molar-refractivity contribution in [2.45, 2.75) is 72.0 Å². The maximum atomic E-state index is 12.6. The fourth-order valence-electron chi connectivity index (χ4n) is 6.57. The molecule has 1 saturated carbocycles. The Bertz CT molecular complexity index is 1660. The van der Waals surface area contributed by atoms with E-state index in [0.29, 0.717) is 47.5 Å². The molecule has 0 bridgehead atoms. The molecule has 5 heterocycles. The van der Waals surface area contributed by atoms with Gasteiger partial charge in [0.05, 0.1) is 28.4 Å². The smallest absolute Gasteiger partial charge is 0.439 e. The molecule has 1 N–H and O–H groups in total. The number of imidazole rings is 1. The van der Waals surface area contributed by atoms with Crippen molar-refractivity contribution < 1.29 is 14.1 Å². The molecule has 0 unspecified atom stereocenters. The molecule has 2 atom stereocenters. The number of nitrogens with one attached hydrogen (secondary N) is 1. The van der Waals surface area contributed by atoms with Crippen molar-refractivity contribution >= 4 is 34.7 Å². The summed E-state index contributed by atoms with van der Waals surface area (Å²) in [5, 5.41) is 4.37. The molecule has 4 aromatic heterocycles. The Labute approximate surface area is 254 Å². The van der Waals surface area contributed by atoms with Crippen LogP contribution in [0.5, 0.6) is 0 Å². The molecule has 12 nitrogen and oxygen atoms in total. The summed E-state index contributed by atoms with van der Waals surface area (Å²) < 4.78 is 12.4. The predicted molar refractivity (Wildman–Crippen MR) is 163 cm³/mol. The predicted octanol–water partition coefficient (Wildman–Crippen LogP) is 5.37. The number of nitrogens with zero attached hydrogens (tertiary/aromatic N) is 7. The van der Waals surface area contributed by atoms with E-state index in [4.69, 9.17) is 30.8 Å². The molecule has 13 heteroatoms. The van der Waals surface area contributed by atoms with E-state index in [2.05, 4.69) is 45.4 Å². The average molecular weight is 609 g/mol. The van der Waals surface area contributed by atoms with Gasteiger partial charge in [-0.15, -0.1) is 0 Å². The molecular formula is C30H37ClN8O4. The van der Waals surface area contributed by atoms with Crippen LogP contribution in [0.2, 0.25) is 5.02 Å². The van der Waals surface area contributed by atoms with Gasteiger partial charge in [0, 0.05) is 49.7 Å². The minimum absolute atomic E-state index is 0.0225. The van der Waals surface area contributed by atoms with Crippen LogP contribution in [-0.4, -0.2) is 72.4 Å². The third-order valence-electron chi connectivity index (χ3n) is 8.62. The molecule has 1 aliphatic heterocycles. The maximum Gasteiger partial charge on any atom is 0.439 e. The number of anilines is 1. The van der Waals surface area contributed by atoms with Crippen molar-refractivity contribution in [2.75, 3.05) is 24.6 Å². The molecule has 1 amide bonds. The third-order valence-corrected chi connectivity index (χ3v) is 8.82. The zero-order valence-corrected chi connectivity index (χ0v) is 25.7. The van der Waals surface area contributed by atoms with Gasteiger partial charge in [-0.2, -0.15) is 0 Å². The summed E-state index contributed by atoms with van der Waals surface area (Å²) in [5.74, 6) is 1.58. The van der Waals surface area contributed by atoms with Crippen molar-refractivity contribution in [2.24, 2.45) is 11.8 Å². The van der Waals surface area contributed by atoms with Crippen molar-refractivity contribution in [3.8, 4) is 22.8 Å². The summed E-state index contributed by atoms with van der Waals surface area (Å²) in [5.41, 5.74) is 3.35. The van der Waals surface area contributed by atoms with E-state index >= 15 is 0 Å². The van der Waals surface area contributed by atoms with E-state index in [1.54, 1.807) is 17.3 Å². The van der Waals surface area contributed by atoms with Gasteiger partial charge in [0.15, 0.2) is 0 Å². The molecule has 0 spiro atoms. The van der Waals surface area contributed by atoms with Crippen molar-refractivity contribution in [1.29, 1.82) is 0 Å². The summed E-state index contributed by atoms with van der Waals surface area (Å²) in [6, 6.07) is 3.61. The lowest BCUT2D eigenvalue weighted by Crippen LogP contribution is -2.59. The van der Waals surface area contributed by atoms with Crippen molar-refractivity contribution in [1.82, 2.24) is 34.6 Å². The molecule has 0 aromatic carbocycles. The number of aromatic nitrogens is 6. The highest BCUT2D eigenvalue weighted by Crippen LogP contribution is 2.38. The number of pyridine rings is 2. The lowest BCUT2D eigenvalue weighted by molar-refractivity contribution is 0.0940. The van der Waals surface area contributed by atoms with E-state index < -0.39 is 5.76 Å². The number of piperazine rings is 1. The van der Waals surface area contributed by atoms with Gasteiger partial charge >= 0.3 is 11.8 Å². The second kappa shape index (κ2) is 12.0. The summed E-state index contributed by atoms with van der Waals surface area (Å²) in [6.07, 6.45) is 7.70. The Morgan fingerprint density at radius 1 is 1.09 bits per heavy atom. The normalized spacial score (nSPS) is 22.7. The van der Waals surface area contributed by atoms with Crippen LogP contribution in [0.25, 0.3) is 33.8 Å². The topological polar surface area (TPSA) is 135 Å². The zero-order chi connectivity index (χ0) is 30.2. The van der Waals surface area contributed by atoms with Gasteiger partial charge in [-0.25, -0.2) is 19.6 Å². The number of hydrogen-bond donors (Lipinski definition) is 1. The molecule has 1 aliphatic carbocycles. The molecule has 6 rings (SSSR count). The first kappa shape index (κ1) is 29.2. The van der Waals surface area contributed by atoms with Crippen molar-refractivity contribution in [3.05, 3.63) is 40.1 Å². The van der Waals surface area contributed by atoms with Crippen LogP contribution in [0.1, 0.15) is 53.4 Å². The number of carbonyl (C=O) groups is 1. The Morgan fingerprint density at radius 2 is 1.84 bits per heavy atom. The molecule has 43 heavy (non-hydrogen) atoms. The number of hydrogen-bond acceptors (Lipinski definition) is 9. The molecular weight excluding hydrogens is 572 g/mol. The standard InChI is InChI=1S/C30H37ClN8O4/c1-5-42-30(41)37-14-18(3)39(19(4)15-37)28-34-23-11-24(27-35-29(40)43-36-27)33-25(21-10-22(31)13-32-12-21)26(23)38(28)16-20-8-6-17(2)7-9-20/h10-13,17-20H,5-9,14-16H2,1-4H3,(H,35,36,40)/t17-,18-,19-,20-/m1/s1. The molecule has 4 aromatic rings. The number of carbonyl (C=O) groups excluding carboxylic acids is 1. The van der Waals surface area contributed by atoms with Crippen LogP contribution in [0.4, 0.5) is 10.7 Å². The lowest BCUT2D eigenvalue weighted by atomic mass is 9.83. The number of H-pyrrole nitrogens is 1. The number of aromatic amines is 1. The molecule has 2 aliphatic rings. The number of amides is 1. The minimum Gasteiger partial charge on any atom is -0.450 e. The van der Waals surface area contributed by atoms with Gasteiger partial charge in [0.25, 0.3) is 0 Å². The fourth-order valence-corrected chi connectivity index (χ4v) is 6.74. The Hall–Kier alpha value is -3.93. The first-order valence-corrected chi connectivity index (χ1v) is 15.4. The number of ether oxygens (including phenoxy) is 1. The lowest BCUT2D eigenvalue weighted by Gasteiger charge is -2.44. The van der Waals surface area contributed by atoms with E-state index in [1.807, 2.05) is 19.1 Å². The summed E-state index contributed by atoms with van der Waals surface area (Å²) in [7, 11) is 0. The van der Waals surface area contributed by atoms with Crippen LogP contribution in [-0.2, 0) is 11.3 Å². The summed E-state index contributed by atoms with van der Waals surface area (Å²) in [6.45, 7) is 10.5. The van der Waals surface area contributed by atoms with E-state index in [1.165, 1.54) is 12.8 Å². The molecule has 228 valence electrons. The maximum absolute atomic E-state index is 12.6. The van der Waals surface area contributed by atoms with Crippen LogP contribution in [0.15, 0.2) is 33.8 Å². The van der Waals surface area contributed by atoms with Gasteiger partial charge in [0.1, 0.15) is 5.69 Å². The molecule has 0 radical (unpaired) electrons. The number of fused-ring (bicyclic) bond motifs is 1. The first-order chi connectivity index (χ1) is 20.7. The second-order valence-corrected chi connectivity index (χ2v) is 12.4. The molecule has 2 fully saturated rings. The first-order valence-electron chi connectivity index (χ1n) is 15.0. The highest BCUT2D eigenvalue weighted by Gasteiger charge is 2.36. The fraction of sp³-hybridized carbons (Fsp3) is 0.533. The Morgan fingerprint density at radius 3 is 2.49 bits per heavy atom. The largest absolute Gasteiger partial charge is 0.450 e. The second-order valence-electron chi connectivity index (χ2n) is 11.9. The monoisotopic (exact) mass is 608 g/mol. The van der Waals surface area contributed by atoms with Crippen LogP contribution in [0, 0.1) is 11.8 Å². The zero-order valence-electron chi connectivity index (χ0n) is 24.9. The van der Waals surface area contributed by atoms with Crippen LogP contribution >= 0.6 is 11.6 Å². The summed E-state index contributed by atoms with van der Waals surface area (Å²) in [4.78, 5) is 45.7.